The standard InChI is InChI=1S/C16H23NS/c1-2-3-4-5-6-13-11-12-18-16(13)14-7-9-15(17)10-8-14/h7-9,11-12,15H,2-6,10,17H2,1H3. The monoisotopic (exact) mass is 261 g/mol. The van der Waals surface area contributed by atoms with Gasteiger partial charge in [-0.2, -0.15) is 0 Å². The fourth-order valence-corrected chi connectivity index (χ4v) is 3.31. The van der Waals surface area contributed by atoms with E-state index in [4.69, 9.17) is 5.73 Å². The lowest BCUT2D eigenvalue weighted by atomic mass is 9.98. The van der Waals surface area contributed by atoms with Gasteiger partial charge in [0.1, 0.15) is 0 Å². The van der Waals surface area contributed by atoms with Crippen LogP contribution in [0.25, 0.3) is 5.57 Å². The molecule has 2 heteroatoms. The summed E-state index contributed by atoms with van der Waals surface area (Å²) in [5.74, 6) is 0. The van der Waals surface area contributed by atoms with Crippen molar-refractivity contribution in [3.63, 3.8) is 0 Å². The normalized spacial score (nSPS) is 19.0. The molecule has 1 aliphatic rings. The summed E-state index contributed by atoms with van der Waals surface area (Å²) in [6.07, 6.45) is 14.1. The van der Waals surface area contributed by atoms with Gasteiger partial charge in [-0.05, 0) is 41.8 Å². The minimum absolute atomic E-state index is 0.210. The van der Waals surface area contributed by atoms with Gasteiger partial charge in [-0.25, -0.2) is 0 Å². The Hall–Kier alpha value is -0.860. The van der Waals surface area contributed by atoms with Gasteiger partial charge in [-0.3, -0.25) is 0 Å². The first-order chi connectivity index (χ1) is 8.81. The maximum atomic E-state index is 5.87. The minimum Gasteiger partial charge on any atom is -0.324 e. The SMILES string of the molecule is CCCCCCc1ccsc1C1=CCC(N)C=C1. The molecule has 98 valence electrons. The van der Waals surface area contributed by atoms with Crippen molar-refractivity contribution in [2.45, 2.75) is 51.5 Å². The Kier molecular flexibility index (Phi) is 5.21. The molecule has 1 aliphatic carbocycles. The van der Waals surface area contributed by atoms with E-state index in [1.54, 1.807) is 0 Å². The Labute approximate surface area is 114 Å². The lowest BCUT2D eigenvalue weighted by Gasteiger charge is -2.12. The average Bonchev–Trinajstić information content (AvgIpc) is 2.84. The molecule has 0 amide bonds. The second kappa shape index (κ2) is 6.91. The van der Waals surface area contributed by atoms with Crippen LogP contribution in [0.15, 0.2) is 29.7 Å². The molecule has 0 spiro atoms. The molecule has 1 aromatic rings. The quantitative estimate of drug-likeness (QED) is 0.747. The van der Waals surface area contributed by atoms with E-state index in [-0.39, 0.29) is 6.04 Å². The third kappa shape index (κ3) is 3.56. The van der Waals surface area contributed by atoms with Crippen molar-refractivity contribution in [2.24, 2.45) is 5.73 Å². The van der Waals surface area contributed by atoms with Crippen molar-refractivity contribution in [1.82, 2.24) is 0 Å². The number of nitrogens with two attached hydrogens (primary N) is 1. The number of hydrogen-bond acceptors (Lipinski definition) is 2. The molecule has 1 atom stereocenters. The number of thiophene rings is 1. The van der Waals surface area contributed by atoms with Crippen molar-refractivity contribution < 1.29 is 0 Å². The number of rotatable bonds is 6. The molecular formula is C16H23NS. The first kappa shape index (κ1) is 13.6. The van der Waals surface area contributed by atoms with Gasteiger partial charge in [-0.1, -0.05) is 44.4 Å². The largest absolute Gasteiger partial charge is 0.324 e. The molecule has 0 saturated carbocycles. The zero-order valence-corrected chi connectivity index (χ0v) is 12.0. The van der Waals surface area contributed by atoms with Crippen LogP contribution in [0.4, 0.5) is 0 Å². The van der Waals surface area contributed by atoms with Crippen LogP contribution in [0.1, 0.15) is 49.5 Å². The van der Waals surface area contributed by atoms with E-state index < -0.39 is 0 Å². The maximum absolute atomic E-state index is 5.87. The van der Waals surface area contributed by atoms with Gasteiger partial charge < -0.3 is 5.73 Å². The fourth-order valence-electron chi connectivity index (χ4n) is 2.33. The van der Waals surface area contributed by atoms with Crippen LogP contribution in [-0.2, 0) is 6.42 Å². The Morgan fingerprint density at radius 1 is 1.33 bits per heavy atom. The Morgan fingerprint density at radius 3 is 2.94 bits per heavy atom. The highest BCUT2D eigenvalue weighted by atomic mass is 32.1. The molecule has 2 N–H and O–H groups in total. The number of aryl methyl sites for hydroxylation is 1. The van der Waals surface area contributed by atoms with E-state index >= 15 is 0 Å². The van der Waals surface area contributed by atoms with Crippen LogP contribution in [0.5, 0.6) is 0 Å². The van der Waals surface area contributed by atoms with E-state index in [2.05, 4.69) is 36.6 Å². The Balaban J connectivity index is 1.97. The molecule has 1 unspecified atom stereocenters. The van der Waals surface area contributed by atoms with Gasteiger partial charge in [0, 0.05) is 10.9 Å². The predicted molar refractivity (Wildman–Crippen MR) is 81.9 cm³/mol. The summed E-state index contributed by atoms with van der Waals surface area (Å²) < 4.78 is 0. The fraction of sp³-hybridized carbons (Fsp3) is 0.500. The third-order valence-corrected chi connectivity index (χ3v) is 4.45. The zero-order valence-electron chi connectivity index (χ0n) is 11.2. The molecule has 0 saturated heterocycles. The van der Waals surface area contributed by atoms with Crippen LogP contribution >= 0.6 is 11.3 Å². The molecule has 1 heterocycles. The first-order valence-electron chi connectivity index (χ1n) is 7.02. The Morgan fingerprint density at radius 2 is 2.22 bits per heavy atom. The van der Waals surface area contributed by atoms with Gasteiger partial charge >= 0.3 is 0 Å². The first-order valence-corrected chi connectivity index (χ1v) is 7.90. The van der Waals surface area contributed by atoms with Gasteiger partial charge in [0.05, 0.1) is 0 Å². The van der Waals surface area contributed by atoms with E-state index in [1.165, 1.54) is 48.1 Å². The summed E-state index contributed by atoms with van der Waals surface area (Å²) in [6.45, 7) is 2.26. The highest BCUT2D eigenvalue weighted by Crippen LogP contribution is 2.30. The van der Waals surface area contributed by atoms with E-state index in [9.17, 15) is 0 Å². The summed E-state index contributed by atoms with van der Waals surface area (Å²) in [6, 6.07) is 2.50. The molecule has 0 radical (unpaired) electrons. The lowest BCUT2D eigenvalue weighted by molar-refractivity contribution is 0.667. The van der Waals surface area contributed by atoms with Crippen LogP contribution in [-0.4, -0.2) is 6.04 Å². The lowest BCUT2D eigenvalue weighted by Crippen LogP contribution is -2.17. The van der Waals surface area contributed by atoms with Gasteiger partial charge in [0.25, 0.3) is 0 Å². The van der Waals surface area contributed by atoms with Crippen molar-refractivity contribution in [3.05, 3.63) is 40.1 Å². The second-order valence-corrected chi connectivity index (χ2v) is 5.92. The third-order valence-electron chi connectivity index (χ3n) is 3.44. The summed E-state index contributed by atoms with van der Waals surface area (Å²) in [7, 11) is 0. The predicted octanol–water partition coefficient (Wildman–Crippen LogP) is 4.54. The second-order valence-electron chi connectivity index (χ2n) is 5.00. The highest BCUT2D eigenvalue weighted by molar-refractivity contribution is 7.11. The van der Waals surface area contributed by atoms with Crippen molar-refractivity contribution in [2.75, 3.05) is 0 Å². The van der Waals surface area contributed by atoms with Crippen molar-refractivity contribution in [3.8, 4) is 0 Å². The molecule has 0 bridgehead atoms. The summed E-state index contributed by atoms with van der Waals surface area (Å²) >= 11 is 1.86. The molecule has 18 heavy (non-hydrogen) atoms. The number of allylic oxidation sites excluding steroid dienone is 2. The van der Waals surface area contributed by atoms with Crippen molar-refractivity contribution in [1.29, 1.82) is 0 Å². The zero-order chi connectivity index (χ0) is 12.8. The number of hydrogen-bond donors (Lipinski definition) is 1. The molecule has 0 aliphatic heterocycles. The molecule has 2 rings (SSSR count). The molecule has 1 aromatic heterocycles. The number of unbranched alkanes of at least 4 members (excludes halogenated alkanes) is 3. The van der Waals surface area contributed by atoms with E-state index in [0.717, 1.165) is 6.42 Å². The van der Waals surface area contributed by atoms with Gasteiger partial charge in [0.2, 0.25) is 0 Å². The van der Waals surface area contributed by atoms with Gasteiger partial charge in [0.15, 0.2) is 0 Å². The summed E-state index contributed by atoms with van der Waals surface area (Å²) in [5.41, 5.74) is 8.76. The summed E-state index contributed by atoms with van der Waals surface area (Å²) in [4.78, 5) is 1.45. The summed E-state index contributed by atoms with van der Waals surface area (Å²) in [5, 5.41) is 2.22. The van der Waals surface area contributed by atoms with Gasteiger partial charge in [-0.15, -0.1) is 11.3 Å². The van der Waals surface area contributed by atoms with E-state index in [0.29, 0.717) is 0 Å². The maximum Gasteiger partial charge on any atom is 0.0371 e. The molecular weight excluding hydrogens is 238 g/mol. The Bertz CT molecular complexity index is 428. The molecule has 1 nitrogen and oxygen atoms in total. The average molecular weight is 261 g/mol. The van der Waals surface area contributed by atoms with E-state index in [1.807, 2.05) is 11.3 Å². The molecule has 0 aromatic carbocycles. The van der Waals surface area contributed by atoms with Crippen LogP contribution in [0.2, 0.25) is 0 Å². The van der Waals surface area contributed by atoms with Crippen molar-refractivity contribution >= 4 is 16.9 Å². The smallest absolute Gasteiger partial charge is 0.0371 e. The molecule has 0 fully saturated rings. The highest BCUT2D eigenvalue weighted by Gasteiger charge is 2.10. The van der Waals surface area contributed by atoms with Crippen LogP contribution in [0.3, 0.4) is 0 Å². The van der Waals surface area contributed by atoms with Crippen LogP contribution in [0, 0.1) is 0 Å². The topological polar surface area (TPSA) is 26.0 Å². The minimum atomic E-state index is 0.210. The van der Waals surface area contributed by atoms with Crippen LogP contribution < -0.4 is 5.73 Å².